The number of pyridine rings is 1. The maximum Gasteiger partial charge on any atom is 0.496 e. The molecule has 2 saturated heterocycles. The van der Waals surface area contributed by atoms with Crippen LogP contribution in [0.1, 0.15) is 33.3 Å². The van der Waals surface area contributed by atoms with Crippen molar-refractivity contribution in [2.24, 2.45) is 0 Å². The van der Waals surface area contributed by atoms with Crippen molar-refractivity contribution < 1.29 is 14.4 Å². The molecule has 2 fully saturated rings. The third-order valence-corrected chi connectivity index (χ3v) is 5.76. The van der Waals surface area contributed by atoms with Gasteiger partial charge in [0.1, 0.15) is 5.82 Å². The van der Waals surface area contributed by atoms with Gasteiger partial charge in [0.15, 0.2) is 0 Å². The maximum absolute atomic E-state index is 9.05. The van der Waals surface area contributed by atoms with Gasteiger partial charge in [-0.1, -0.05) is 0 Å². The van der Waals surface area contributed by atoms with E-state index in [1.54, 1.807) is 0 Å². The fraction of sp³-hybridized carbons (Fsp3) is 0.722. The van der Waals surface area contributed by atoms with Gasteiger partial charge in [-0.25, -0.2) is 4.98 Å². The van der Waals surface area contributed by atoms with Gasteiger partial charge in [0.2, 0.25) is 0 Å². The lowest BCUT2D eigenvalue weighted by atomic mass is 9.77. The molecule has 1 N–H and O–H groups in total. The van der Waals surface area contributed by atoms with Crippen molar-refractivity contribution in [3.63, 3.8) is 0 Å². The number of aliphatic hydroxyl groups is 1. The first kappa shape index (κ1) is 18.6. The van der Waals surface area contributed by atoms with E-state index in [9.17, 15) is 0 Å². The summed E-state index contributed by atoms with van der Waals surface area (Å²) in [6.45, 7) is 15.1. The van der Waals surface area contributed by atoms with Crippen molar-refractivity contribution in [2.75, 3.05) is 44.2 Å². The average molecular weight is 347 g/mol. The molecular weight excluding hydrogens is 317 g/mol. The SMILES string of the molecule is Cc1cc(N2CCN(CCO)CC2)ncc1B1OC(C)(C)C(C)(C)O1. The largest absolute Gasteiger partial charge is 0.496 e. The van der Waals surface area contributed by atoms with Gasteiger partial charge in [-0.15, -0.1) is 0 Å². The van der Waals surface area contributed by atoms with E-state index in [2.05, 4.69) is 55.5 Å². The Labute approximate surface area is 151 Å². The van der Waals surface area contributed by atoms with E-state index in [-0.39, 0.29) is 24.9 Å². The third kappa shape index (κ3) is 3.70. The summed E-state index contributed by atoms with van der Waals surface area (Å²) in [5, 5.41) is 9.05. The lowest BCUT2D eigenvalue weighted by Crippen LogP contribution is -2.47. The van der Waals surface area contributed by atoms with E-state index < -0.39 is 0 Å². The van der Waals surface area contributed by atoms with Crippen molar-refractivity contribution in [3.8, 4) is 0 Å². The van der Waals surface area contributed by atoms with E-state index >= 15 is 0 Å². The van der Waals surface area contributed by atoms with Gasteiger partial charge in [0.25, 0.3) is 0 Å². The highest BCUT2D eigenvalue weighted by Crippen LogP contribution is 2.36. The second-order valence-electron chi connectivity index (χ2n) is 8.04. The highest BCUT2D eigenvalue weighted by atomic mass is 16.7. The molecule has 3 rings (SSSR count). The van der Waals surface area contributed by atoms with Crippen LogP contribution in [0.2, 0.25) is 0 Å². The number of aliphatic hydroxyl groups excluding tert-OH is 1. The predicted octanol–water partition coefficient (Wildman–Crippen LogP) is 0.804. The van der Waals surface area contributed by atoms with Crippen molar-refractivity contribution in [1.82, 2.24) is 9.88 Å². The Morgan fingerprint density at radius 1 is 1.12 bits per heavy atom. The number of nitrogens with zero attached hydrogens (tertiary/aromatic N) is 3. The molecule has 6 nitrogen and oxygen atoms in total. The minimum absolute atomic E-state index is 0.222. The maximum atomic E-state index is 9.05. The fourth-order valence-corrected chi connectivity index (χ4v) is 3.28. The van der Waals surface area contributed by atoms with E-state index in [1.165, 1.54) is 0 Å². The molecule has 0 unspecified atom stereocenters. The molecule has 7 heteroatoms. The Morgan fingerprint density at radius 2 is 1.72 bits per heavy atom. The molecule has 0 amide bonds. The van der Waals surface area contributed by atoms with Crippen LogP contribution in [0.3, 0.4) is 0 Å². The summed E-state index contributed by atoms with van der Waals surface area (Å²) in [7, 11) is -0.368. The zero-order valence-electron chi connectivity index (χ0n) is 16.1. The zero-order valence-corrected chi connectivity index (χ0v) is 16.1. The first-order valence-electron chi connectivity index (χ1n) is 9.14. The Kier molecular flexibility index (Phi) is 5.12. The van der Waals surface area contributed by atoms with Crippen LogP contribution >= 0.6 is 0 Å². The molecule has 0 aliphatic carbocycles. The number of piperazine rings is 1. The minimum atomic E-state index is -0.368. The van der Waals surface area contributed by atoms with Crippen LogP contribution in [0.4, 0.5) is 5.82 Å². The molecule has 0 bridgehead atoms. The summed E-state index contributed by atoms with van der Waals surface area (Å²) < 4.78 is 12.3. The Morgan fingerprint density at radius 3 is 2.24 bits per heavy atom. The molecule has 2 aliphatic rings. The average Bonchev–Trinajstić information content (AvgIpc) is 2.76. The number of β-amino-alcohol motifs (C(OH)–C–C–N with tert-alkyl or cyclic N) is 1. The second kappa shape index (κ2) is 6.87. The first-order valence-corrected chi connectivity index (χ1v) is 9.14. The Hall–Kier alpha value is -1.15. The quantitative estimate of drug-likeness (QED) is 0.814. The summed E-state index contributed by atoms with van der Waals surface area (Å²) >= 11 is 0. The number of hydrogen-bond donors (Lipinski definition) is 1. The van der Waals surface area contributed by atoms with E-state index in [0.29, 0.717) is 0 Å². The normalized spacial score (nSPS) is 23.3. The predicted molar refractivity (Wildman–Crippen MR) is 100 cm³/mol. The van der Waals surface area contributed by atoms with Crippen molar-refractivity contribution in [3.05, 3.63) is 17.8 Å². The molecule has 138 valence electrons. The molecule has 0 atom stereocenters. The molecular formula is C18H30BN3O3. The molecule has 0 saturated carbocycles. The molecule has 3 heterocycles. The molecule has 2 aliphatic heterocycles. The second-order valence-corrected chi connectivity index (χ2v) is 8.04. The summed E-state index contributed by atoms with van der Waals surface area (Å²) in [5.74, 6) is 1.00. The number of anilines is 1. The van der Waals surface area contributed by atoms with Crippen LogP contribution in [0.25, 0.3) is 0 Å². The molecule has 1 aromatic rings. The summed E-state index contributed by atoms with van der Waals surface area (Å²) in [4.78, 5) is 9.25. The molecule has 25 heavy (non-hydrogen) atoms. The van der Waals surface area contributed by atoms with Crippen molar-refractivity contribution in [2.45, 2.75) is 45.8 Å². The van der Waals surface area contributed by atoms with Crippen LogP contribution < -0.4 is 10.4 Å². The number of rotatable bonds is 4. The number of aryl methyl sites for hydroxylation is 1. The highest BCUT2D eigenvalue weighted by Gasteiger charge is 2.52. The van der Waals surface area contributed by atoms with E-state index in [0.717, 1.165) is 49.6 Å². The van der Waals surface area contributed by atoms with Gasteiger partial charge in [-0.3, -0.25) is 4.90 Å². The minimum Gasteiger partial charge on any atom is -0.399 e. The summed E-state index contributed by atoms with van der Waals surface area (Å²) in [6.07, 6.45) is 1.90. The zero-order chi connectivity index (χ0) is 18.2. The van der Waals surface area contributed by atoms with Crippen molar-refractivity contribution >= 4 is 18.4 Å². The standard InChI is InChI=1S/C18H30BN3O3/c1-14-12-16(22-8-6-21(7-9-22)10-11-23)20-13-15(14)19-24-17(2,3)18(4,5)25-19/h12-13,23H,6-11H2,1-5H3. The van der Waals surface area contributed by atoms with E-state index in [1.807, 2.05) is 6.20 Å². The van der Waals surface area contributed by atoms with Crippen LogP contribution in [0.15, 0.2) is 12.3 Å². The lowest BCUT2D eigenvalue weighted by molar-refractivity contribution is 0.00578. The first-order chi connectivity index (χ1) is 11.7. The van der Waals surface area contributed by atoms with Crippen LogP contribution in [-0.2, 0) is 9.31 Å². The smallest absolute Gasteiger partial charge is 0.399 e. The van der Waals surface area contributed by atoms with Gasteiger partial charge in [-0.05, 0) is 46.2 Å². The summed E-state index contributed by atoms with van der Waals surface area (Å²) in [5.41, 5.74) is 1.46. The van der Waals surface area contributed by atoms with Crippen LogP contribution in [-0.4, -0.2) is 72.6 Å². The van der Waals surface area contributed by atoms with E-state index in [4.69, 9.17) is 14.4 Å². The number of aromatic nitrogens is 1. The summed E-state index contributed by atoms with van der Waals surface area (Å²) in [6, 6.07) is 2.13. The molecule has 0 aromatic carbocycles. The van der Waals surface area contributed by atoms with Crippen molar-refractivity contribution in [1.29, 1.82) is 0 Å². The highest BCUT2D eigenvalue weighted by molar-refractivity contribution is 6.62. The van der Waals surface area contributed by atoms with Crippen LogP contribution in [0, 0.1) is 6.92 Å². The number of hydrogen-bond acceptors (Lipinski definition) is 6. The molecule has 1 aromatic heterocycles. The lowest BCUT2D eigenvalue weighted by Gasteiger charge is -2.35. The Bertz CT molecular complexity index is 600. The monoisotopic (exact) mass is 347 g/mol. The fourth-order valence-electron chi connectivity index (χ4n) is 3.28. The van der Waals surface area contributed by atoms with Gasteiger partial charge >= 0.3 is 7.12 Å². The molecule has 0 spiro atoms. The Balaban J connectivity index is 1.70. The third-order valence-electron chi connectivity index (χ3n) is 5.76. The van der Waals surface area contributed by atoms with Gasteiger partial charge in [0.05, 0.1) is 17.8 Å². The van der Waals surface area contributed by atoms with Gasteiger partial charge in [-0.2, -0.15) is 0 Å². The topological polar surface area (TPSA) is 58.1 Å². The van der Waals surface area contributed by atoms with Crippen LogP contribution in [0.5, 0.6) is 0 Å². The van der Waals surface area contributed by atoms with Gasteiger partial charge < -0.3 is 19.3 Å². The van der Waals surface area contributed by atoms with Gasteiger partial charge in [0, 0.05) is 44.4 Å². The molecule has 0 radical (unpaired) electrons.